The van der Waals surface area contributed by atoms with Crippen LogP contribution in [0.1, 0.15) is 15.9 Å². The molecule has 5 nitrogen and oxygen atoms in total. The highest BCUT2D eigenvalue weighted by Crippen LogP contribution is 2.23. The van der Waals surface area contributed by atoms with E-state index < -0.39 is 0 Å². The van der Waals surface area contributed by atoms with Gasteiger partial charge in [-0.25, -0.2) is 0 Å². The molecule has 0 aliphatic carbocycles. The molecule has 0 atom stereocenters. The minimum atomic E-state index is -0.314. The molecule has 0 spiro atoms. The number of thiazole rings is 1. The van der Waals surface area contributed by atoms with Gasteiger partial charge in [0.2, 0.25) is 0 Å². The molecule has 0 saturated heterocycles. The van der Waals surface area contributed by atoms with Crippen molar-refractivity contribution in [1.82, 2.24) is 4.57 Å². The van der Waals surface area contributed by atoms with Crippen LogP contribution in [0, 0.1) is 11.3 Å². The van der Waals surface area contributed by atoms with Gasteiger partial charge in [-0.15, -0.1) is 0 Å². The molecule has 0 unspecified atom stereocenters. The first kappa shape index (κ1) is 18.2. The van der Waals surface area contributed by atoms with E-state index in [-0.39, 0.29) is 5.91 Å². The van der Waals surface area contributed by atoms with Crippen molar-refractivity contribution in [3.8, 4) is 11.8 Å². The van der Waals surface area contributed by atoms with Gasteiger partial charge in [0.05, 0.1) is 29.0 Å². The lowest BCUT2D eigenvalue weighted by Gasteiger charge is -2.05. The summed E-state index contributed by atoms with van der Waals surface area (Å²) >= 11 is 3.22. The number of amides is 1. The molecule has 0 bridgehead atoms. The van der Waals surface area contributed by atoms with E-state index in [0.717, 1.165) is 28.3 Å². The summed E-state index contributed by atoms with van der Waals surface area (Å²) in [6, 6.07) is 14.4. The molecule has 0 radical (unpaired) electrons. The van der Waals surface area contributed by atoms with Crippen LogP contribution in [0.5, 0.6) is 5.75 Å². The Morgan fingerprint density at radius 3 is 2.73 bits per heavy atom. The number of rotatable bonds is 5. The number of fused-ring (bicyclic) bond motifs is 1. The number of ether oxygens (including phenoxy) is 1. The Kier molecular flexibility index (Phi) is 5.76. The molecule has 0 N–H and O–H groups in total. The molecular weight excluding hydrogens is 366 g/mol. The maximum atomic E-state index is 12.6. The number of hydrogen-bond acceptors (Lipinski definition) is 5. The van der Waals surface area contributed by atoms with Gasteiger partial charge < -0.3 is 9.30 Å². The molecule has 0 aliphatic rings. The molecule has 0 fully saturated rings. The molecule has 3 aromatic rings. The van der Waals surface area contributed by atoms with E-state index in [1.807, 2.05) is 24.3 Å². The summed E-state index contributed by atoms with van der Waals surface area (Å²) in [5, 5.41) is 8.87. The van der Waals surface area contributed by atoms with Gasteiger partial charge in [-0.1, -0.05) is 11.3 Å². The van der Waals surface area contributed by atoms with Crippen molar-refractivity contribution in [2.45, 2.75) is 6.54 Å². The quantitative estimate of drug-likeness (QED) is 0.674. The number of thioether (sulfide) groups is 1. The highest BCUT2D eigenvalue weighted by atomic mass is 32.2. The second-order valence-corrected chi connectivity index (χ2v) is 7.46. The zero-order valence-corrected chi connectivity index (χ0v) is 16.1. The number of carbonyl (C=O) groups is 1. The molecule has 0 saturated carbocycles. The van der Waals surface area contributed by atoms with Gasteiger partial charge in [-0.3, -0.25) is 4.79 Å². The van der Waals surface area contributed by atoms with E-state index in [9.17, 15) is 4.79 Å². The van der Waals surface area contributed by atoms with Crippen molar-refractivity contribution in [3.63, 3.8) is 0 Å². The zero-order valence-electron chi connectivity index (χ0n) is 14.4. The maximum absolute atomic E-state index is 12.6. The summed E-state index contributed by atoms with van der Waals surface area (Å²) in [5.74, 6) is 1.38. The third kappa shape index (κ3) is 3.82. The minimum absolute atomic E-state index is 0.314. The number of carbonyl (C=O) groups excluding carboxylic acids is 1. The third-order valence-electron chi connectivity index (χ3n) is 3.87. The first-order valence-electron chi connectivity index (χ1n) is 7.92. The van der Waals surface area contributed by atoms with E-state index in [1.54, 1.807) is 43.1 Å². The molecule has 1 heterocycles. The van der Waals surface area contributed by atoms with Crippen molar-refractivity contribution in [3.05, 3.63) is 58.4 Å². The summed E-state index contributed by atoms with van der Waals surface area (Å²) < 4.78 is 8.44. The largest absolute Gasteiger partial charge is 0.497 e. The minimum Gasteiger partial charge on any atom is -0.497 e. The average molecular weight is 383 g/mol. The molecule has 132 valence electrons. The van der Waals surface area contributed by atoms with E-state index >= 15 is 0 Å². The molecule has 3 rings (SSSR count). The molecule has 7 heteroatoms. The number of nitriles is 1. The summed E-state index contributed by atoms with van der Waals surface area (Å²) in [4.78, 5) is 17.6. The van der Waals surface area contributed by atoms with E-state index in [2.05, 4.69) is 15.8 Å². The van der Waals surface area contributed by atoms with Gasteiger partial charge in [0.25, 0.3) is 5.91 Å². The Hall–Kier alpha value is -2.56. The third-order valence-corrected chi connectivity index (χ3v) is 5.52. The fourth-order valence-electron chi connectivity index (χ4n) is 2.50. The average Bonchev–Trinajstić information content (AvgIpc) is 3.02. The number of aromatic nitrogens is 1. The number of nitrogens with zero attached hydrogens (tertiary/aromatic N) is 3. The van der Waals surface area contributed by atoms with Gasteiger partial charge in [0.15, 0.2) is 4.80 Å². The van der Waals surface area contributed by atoms with Crippen LogP contribution in [-0.2, 0) is 6.54 Å². The zero-order chi connectivity index (χ0) is 18.5. The van der Waals surface area contributed by atoms with Crippen molar-refractivity contribution in [2.24, 2.45) is 4.99 Å². The van der Waals surface area contributed by atoms with Crippen LogP contribution in [0.2, 0.25) is 0 Å². The molecule has 1 aromatic heterocycles. The fourth-order valence-corrected chi connectivity index (χ4v) is 3.90. The summed E-state index contributed by atoms with van der Waals surface area (Å²) in [6.07, 6.45) is 2.05. The topological polar surface area (TPSA) is 67.4 Å². The number of methoxy groups -OCH3 is 1. The highest BCUT2D eigenvalue weighted by molar-refractivity contribution is 7.98. The summed E-state index contributed by atoms with van der Waals surface area (Å²) in [7, 11) is 1.64. The van der Waals surface area contributed by atoms with E-state index in [0.29, 0.717) is 15.9 Å². The maximum Gasteiger partial charge on any atom is 0.279 e. The predicted molar refractivity (Wildman–Crippen MR) is 106 cm³/mol. The molecule has 26 heavy (non-hydrogen) atoms. The van der Waals surface area contributed by atoms with Crippen molar-refractivity contribution in [1.29, 1.82) is 5.26 Å². The van der Waals surface area contributed by atoms with Gasteiger partial charge in [-0.05, 0) is 42.7 Å². The molecule has 2 aromatic carbocycles. The van der Waals surface area contributed by atoms with Crippen molar-refractivity contribution >= 4 is 39.2 Å². The number of hydrogen-bond donors (Lipinski definition) is 0. The van der Waals surface area contributed by atoms with Crippen molar-refractivity contribution in [2.75, 3.05) is 19.1 Å². The Balaban J connectivity index is 2.07. The normalized spacial score (nSPS) is 11.5. The SMILES string of the molecule is COc1ccc2sc(=NC(=O)c3ccc(C#N)cc3)n(CCSC)c2c1. The first-order chi connectivity index (χ1) is 12.7. The molecular formula is C19H17N3O2S2. The van der Waals surface area contributed by atoms with Crippen LogP contribution in [-0.4, -0.2) is 29.6 Å². The van der Waals surface area contributed by atoms with Crippen LogP contribution in [0.4, 0.5) is 0 Å². The van der Waals surface area contributed by atoms with Crippen LogP contribution >= 0.6 is 23.1 Å². The van der Waals surface area contributed by atoms with Gasteiger partial charge >= 0.3 is 0 Å². The standard InChI is InChI=1S/C19H17N3O2S2/c1-24-15-7-8-17-16(11-15)22(9-10-25-2)19(26-17)21-18(23)14-5-3-13(12-20)4-6-14/h3-8,11H,9-10H2,1-2H3. The van der Waals surface area contributed by atoms with Crippen molar-refractivity contribution < 1.29 is 9.53 Å². The Morgan fingerprint density at radius 1 is 1.31 bits per heavy atom. The predicted octanol–water partition coefficient (Wildman–Crippen LogP) is 3.69. The van der Waals surface area contributed by atoms with Gasteiger partial charge in [0, 0.05) is 23.9 Å². The number of benzene rings is 2. The lowest BCUT2D eigenvalue weighted by Crippen LogP contribution is -2.18. The van der Waals surface area contributed by atoms with E-state index in [1.165, 1.54) is 11.3 Å². The van der Waals surface area contributed by atoms with Crippen LogP contribution < -0.4 is 9.54 Å². The molecule has 0 aliphatic heterocycles. The number of aryl methyl sites for hydroxylation is 1. The Morgan fingerprint density at radius 2 is 2.08 bits per heavy atom. The van der Waals surface area contributed by atoms with Crippen LogP contribution in [0.15, 0.2) is 47.5 Å². The smallest absolute Gasteiger partial charge is 0.279 e. The van der Waals surface area contributed by atoms with E-state index in [4.69, 9.17) is 10.00 Å². The lowest BCUT2D eigenvalue weighted by atomic mass is 10.1. The fraction of sp³-hybridized carbons (Fsp3) is 0.211. The Labute approximate surface area is 159 Å². The van der Waals surface area contributed by atoms with Gasteiger partial charge in [-0.2, -0.15) is 22.0 Å². The van der Waals surface area contributed by atoms with Crippen LogP contribution in [0.25, 0.3) is 10.2 Å². The summed E-state index contributed by atoms with van der Waals surface area (Å²) in [5.41, 5.74) is 2.00. The second kappa shape index (κ2) is 8.21. The highest BCUT2D eigenvalue weighted by Gasteiger charge is 2.10. The second-order valence-electron chi connectivity index (χ2n) is 5.47. The first-order valence-corrected chi connectivity index (χ1v) is 10.1. The monoisotopic (exact) mass is 383 g/mol. The Bertz CT molecular complexity index is 1040. The molecule has 1 amide bonds. The van der Waals surface area contributed by atoms with Crippen LogP contribution in [0.3, 0.4) is 0 Å². The van der Waals surface area contributed by atoms with Gasteiger partial charge in [0.1, 0.15) is 5.75 Å². The lowest BCUT2D eigenvalue weighted by molar-refractivity contribution is 0.0998. The summed E-state index contributed by atoms with van der Waals surface area (Å²) in [6.45, 7) is 0.758.